The number of anilines is 1. The Labute approximate surface area is 174 Å². The highest BCUT2D eigenvalue weighted by Crippen LogP contribution is 2.30. The van der Waals surface area contributed by atoms with Crippen molar-refractivity contribution in [3.8, 4) is 23.0 Å². The maximum atomic E-state index is 12.9. The Kier molecular flexibility index (Phi) is 5.39. The summed E-state index contributed by atoms with van der Waals surface area (Å²) in [4.78, 5) is 17.5. The maximum absolute atomic E-state index is 12.9. The Hall–Kier alpha value is -3.80. The highest BCUT2D eigenvalue weighted by Gasteiger charge is 2.19. The fourth-order valence-corrected chi connectivity index (χ4v) is 3.28. The number of fused-ring (bicyclic) bond motifs is 1. The molecule has 4 aromatic rings. The number of nitrogens with one attached hydrogen (secondary N) is 1. The topological polar surface area (TPSA) is 73.6 Å². The fourth-order valence-electron chi connectivity index (χ4n) is 3.28. The molecule has 3 aromatic carbocycles. The third-order valence-corrected chi connectivity index (χ3v) is 4.91. The summed E-state index contributed by atoms with van der Waals surface area (Å²) < 4.78 is 16.5. The lowest BCUT2D eigenvalue weighted by Crippen LogP contribution is -2.14. The van der Waals surface area contributed by atoms with Crippen LogP contribution in [0.2, 0.25) is 0 Å². The summed E-state index contributed by atoms with van der Waals surface area (Å²) in [6.07, 6.45) is 0.980. The lowest BCUT2D eigenvalue weighted by Gasteiger charge is -2.12. The highest BCUT2D eigenvalue weighted by molar-refractivity contribution is 6.08. The number of hydrogen-bond acceptors (Lipinski definition) is 5. The molecule has 0 aliphatic heterocycles. The van der Waals surface area contributed by atoms with E-state index in [4.69, 9.17) is 13.9 Å². The molecule has 1 N–H and O–H groups in total. The summed E-state index contributed by atoms with van der Waals surface area (Å²) in [5.74, 6) is 1.09. The Balaban J connectivity index is 1.62. The normalized spacial score (nSPS) is 10.8. The van der Waals surface area contributed by atoms with E-state index in [0.29, 0.717) is 39.7 Å². The molecule has 0 saturated carbocycles. The second-order valence-electron chi connectivity index (χ2n) is 6.74. The molecule has 0 unspecified atom stereocenters. The Morgan fingerprint density at radius 3 is 2.33 bits per heavy atom. The van der Waals surface area contributed by atoms with Gasteiger partial charge in [0.1, 0.15) is 22.6 Å². The number of carbonyl (C=O) groups excluding carboxylic acids is 1. The summed E-state index contributed by atoms with van der Waals surface area (Å²) in [6.45, 7) is 2.12. The van der Waals surface area contributed by atoms with Crippen molar-refractivity contribution < 1.29 is 18.7 Å². The number of nitrogens with zero attached hydrogens (tertiary/aromatic N) is 1. The van der Waals surface area contributed by atoms with E-state index in [1.54, 1.807) is 36.4 Å². The number of benzene rings is 3. The minimum Gasteiger partial charge on any atom is -0.496 e. The van der Waals surface area contributed by atoms with E-state index >= 15 is 0 Å². The minimum atomic E-state index is -0.331. The van der Waals surface area contributed by atoms with Crippen LogP contribution in [0.3, 0.4) is 0 Å². The molecule has 1 heterocycles. The van der Waals surface area contributed by atoms with Gasteiger partial charge in [-0.05, 0) is 54.4 Å². The first-order valence-corrected chi connectivity index (χ1v) is 9.65. The molecule has 0 aliphatic rings. The van der Waals surface area contributed by atoms with Crippen LogP contribution >= 0.6 is 0 Å². The maximum Gasteiger partial charge on any atom is 0.263 e. The molecule has 0 bridgehead atoms. The van der Waals surface area contributed by atoms with Gasteiger partial charge in [-0.25, -0.2) is 4.98 Å². The molecule has 0 radical (unpaired) electrons. The Morgan fingerprint density at radius 2 is 1.70 bits per heavy atom. The zero-order valence-corrected chi connectivity index (χ0v) is 17.1. The Bertz CT molecular complexity index is 1170. The predicted octanol–water partition coefficient (Wildman–Crippen LogP) is 5.33. The van der Waals surface area contributed by atoms with Gasteiger partial charge in [0.2, 0.25) is 5.89 Å². The van der Waals surface area contributed by atoms with Gasteiger partial charge >= 0.3 is 0 Å². The monoisotopic (exact) mass is 402 g/mol. The van der Waals surface area contributed by atoms with E-state index in [1.165, 1.54) is 19.8 Å². The number of hydrogen-bond donors (Lipinski definition) is 1. The lowest BCUT2D eigenvalue weighted by atomic mass is 10.1. The van der Waals surface area contributed by atoms with Crippen molar-refractivity contribution in [3.05, 3.63) is 71.8 Å². The minimum absolute atomic E-state index is 0.331. The lowest BCUT2D eigenvalue weighted by molar-refractivity contribution is 0.102. The van der Waals surface area contributed by atoms with Crippen LogP contribution in [0, 0.1) is 0 Å². The highest BCUT2D eigenvalue weighted by atomic mass is 16.5. The summed E-state index contributed by atoms with van der Waals surface area (Å²) in [7, 11) is 3.03. The molecule has 6 nitrogen and oxygen atoms in total. The van der Waals surface area contributed by atoms with Crippen LogP contribution in [0.1, 0.15) is 22.8 Å². The third kappa shape index (κ3) is 3.72. The zero-order valence-electron chi connectivity index (χ0n) is 17.1. The summed E-state index contributed by atoms with van der Waals surface area (Å²) in [5.41, 5.74) is 4.41. The van der Waals surface area contributed by atoms with Crippen LogP contribution < -0.4 is 14.8 Å². The number of carbonyl (C=O) groups is 1. The Morgan fingerprint density at radius 1 is 1.00 bits per heavy atom. The number of oxazole rings is 1. The molecule has 0 fully saturated rings. The zero-order chi connectivity index (χ0) is 21.1. The molecule has 6 heteroatoms. The smallest absolute Gasteiger partial charge is 0.263 e. The van der Waals surface area contributed by atoms with Gasteiger partial charge in [0, 0.05) is 11.3 Å². The van der Waals surface area contributed by atoms with Crippen LogP contribution in [0.5, 0.6) is 11.5 Å². The quantitative estimate of drug-likeness (QED) is 0.472. The van der Waals surface area contributed by atoms with Gasteiger partial charge in [-0.2, -0.15) is 0 Å². The van der Waals surface area contributed by atoms with E-state index in [-0.39, 0.29) is 5.91 Å². The van der Waals surface area contributed by atoms with Gasteiger partial charge in [0.25, 0.3) is 5.91 Å². The number of aromatic nitrogens is 1. The van der Waals surface area contributed by atoms with Crippen LogP contribution in [-0.4, -0.2) is 25.1 Å². The van der Waals surface area contributed by atoms with E-state index in [1.807, 2.05) is 12.1 Å². The number of rotatable bonds is 6. The van der Waals surface area contributed by atoms with Gasteiger partial charge < -0.3 is 19.2 Å². The van der Waals surface area contributed by atoms with Crippen molar-refractivity contribution in [1.29, 1.82) is 0 Å². The third-order valence-electron chi connectivity index (χ3n) is 4.91. The summed E-state index contributed by atoms with van der Waals surface area (Å²) in [6, 6.07) is 18.7. The molecule has 1 amide bonds. The standard InChI is InChI=1S/C24H22N2O4/c1-4-15-8-10-16(11-9-15)24-26-18-14-17(12-13-19(18)30-24)25-23(27)22-20(28-2)6-5-7-21(22)29-3/h5-14H,4H2,1-3H3,(H,25,27). The second kappa shape index (κ2) is 8.29. The molecule has 1 aromatic heterocycles. The van der Waals surface area contributed by atoms with E-state index in [9.17, 15) is 4.79 Å². The first kappa shape index (κ1) is 19.5. The molecular formula is C24H22N2O4. The average Bonchev–Trinajstić information content (AvgIpc) is 3.21. The first-order valence-electron chi connectivity index (χ1n) is 9.65. The van der Waals surface area contributed by atoms with Crippen molar-refractivity contribution in [2.75, 3.05) is 19.5 Å². The summed E-state index contributed by atoms with van der Waals surface area (Å²) >= 11 is 0. The predicted molar refractivity (Wildman–Crippen MR) is 116 cm³/mol. The molecule has 4 rings (SSSR count). The number of aryl methyl sites for hydroxylation is 1. The van der Waals surface area contributed by atoms with Gasteiger partial charge in [-0.1, -0.05) is 25.1 Å². The molecule has 0 atom stereocenters. The number of ether oxygens (including phenoxy) is 2. The number of methoxy groups -OCH3 is 2. The van der Waals surface area contributed by atoms with Crippen molar-refractivity contribution >= 4 is 22.7 Å². The van der Waals surface area contributed by atoms with Gasteiger partial charge in [-0.15, -0.1) is 0 Å². The van der Waals surface area contributed by atoms with E-state index in [2.05, 4.69) is 29.4 Å². The van der Waals surface area contributed by atoms with Crippen molar-refractivity contribution in [2.24, 2.45) is 0 Å². The molecule has 30 heavy (non-hydrogen) atoms. The SMILES string of the molecule is CCc1ccc(-c2nc3cc(NC(=O)c4c(OC)cccc4OC)ccc3o2)cc1. The largest absolute Gasteiger partial charge is 0.496 e. The van der Waals surface area contributed by atoms with E-state index in [0.717, 1.165) is 12.0 Å². The molecule has 0 spiro atoms. The van der Waals surface area contributed by atoms with Crippen molar-refractivity contribution in [1.82, 2.24) is 4.98 Å². The fraction of sp³-hybridized carbons (Fsp3) is 0.167. The second-order valence-corrected chi connectivity index (χ2v) is 6.74. The van der Waals surface area contributed by atoms with Gasteiger partial charge in [0.05, 0.1) is 14.2 Å². The van der Waals surface area contributed by atoms with Crippen molar-refractivity contribution in [2.45, 2.75) is 13.3 Å². The van der Waals surface area contributed by atoms with Gasteiger partial charge in [0.15, 0.2) is 5.58 Å². The molecule has 0 saturated heterocycles. The van der Waals surface area contributed by atoms with Crippen LogP contribution in [0.25, 0.3) is 22.6 Å². The van der Waals surface area contributed by atoms with Crippen molar-refractivity contribution in [3.63, 3.8) is 0 Å². The van der Waals surface area contributed by atoms with Gasteiger partial charge in [-0.3, -0.25) is 4.79 Å². The van der Waals surface area contributed by atoms with Crippen LogP contribution in [-0.2, 0) is 6.42 Å². The molecule has 152 valence electrons. The average molecular weight is 402 g/mol. The molecular weight excluding hydrogens is 380 g/mol. The molecule has 0 aliphatic carbocycles. The van der Waals surface area contributed by atoms with Crippen LogP contribution in [0.4, 0.5) is 5.69 Å². The summed E-state index contributed by atoms with van der Waals surface area (Å²) in [5, 5.41) is 2.88. The van der Waals surface area contributed by atoms with E-state index < -0.39 is 0 Å². The van der Waals surface area contributed by atoms with Crippen LogP contribution in [0.15, 0.2) is 65.1 Å². The first-order chi connectivity index (χ1) is 14.6. The number of amides is 1.